The summed E-state index contributed by atoms with van der Waals surface area (Å²) in [6.45, 7) is 0.175. The van der Waals surface area contributed by atoms with Crippen molar-refractivity contribution in [2.75, 3.05) is 26.0 Å². The molecule has 0 fully saturated rings. The molecule has 0 heterocycles. The van der Waals surface area contributed by atoms with E-state index in [4.69, 9.17) is 9.84 Å². The minimum atomic E-state index is -3.44. The van der Waals surface area contributed by atoms with Gasteiger partial charge in [-0.3, -0.25) is 4.79 Å². The number of unbranched alkanes of at least 4 members (excludes halogenated alkanes) is 1. The predicted molar refractivity (Wildman–Crippen MR) is 104 cm³/mol. The van der Waals surface area contributed by atoms with E-state index < -0.39 is 22.1 Å². The van der Waals surface area contributed by atoms with Crippen LogP contribution in [-0.2, 0) is 14.8 Å². The lowest BCUT2D eigenvalue weighted by atomic mass is 10.2. The SMILES string of the molecule is CS(=O)(=O)N(CC=CCCCC(=O)O)CC=CC(O)COc1ccc(F)cc1. The maximum atomic E-state index is 12.8. The summed E-state index contributed by atoms with van der Waals surface area (Å²) in [5, 5.41) is 18.4. The first-order valence-corrected chi connectivity index (χ1v) is 10.6. The number of rotatable bonds is 13. The van der Waals surface area contributed by atoms with Gasteiger partial charge in [0.25, 0.3) is 0 Å². The van der Waals surface area contributed by atoms with Gasteiger partial charge in [-0.1, -0.05) is 24.3 Å². The summed E-state index contributed by atoms with van der Waals surface area (Å²) < 4.78 is 43.0. The first-order valence-electron chi connectivity index (χ1n) is 8.73. The van der Waals surface area contributed by atoms with Crippen molar-refractivity contribution in [1.82, 2.24) is 4.31 Å². The van der Waals surface area contributed by atoms with Crippen LogP contribution in [0, 0.1) is 5.82 Å². The van der Waals surface area contributed by atoms with Gasteiger partial charge in [0.2, 0.25) is 10.0 Å². The van der Waals surface area contributed by atoms with Gasteiger partial charge >= 0.3 is 5.97 Å². The number of aliphatic hydroxyl groups is 1. The van der Waals surface area contributed by atoms with Crippen LogP contribution in [0.5, 0.6) is 5.75 Å². The van der Waals surface area contributed by atoms with Crippen LogP contribution >= 0.6 is 0 Å². The molecule has 28 heavy (non-hydrogen) atoms. The van der Waals surface area contributed by atoms with Crippen LogP contribution < -0.4 is 4.74 Å². The molecule has 1 atom stereocenters. The summed E-state index contributed by atoms with van der Waals surface area (Å²) in [5.41, 5.74) is 0. The zero-order chi connectivity index (χ0) is 21.0. The number of nitrogens with zero attached hydrogens (tertiary/aromatic N) is 1. The van der Waals surface area contributed by atoms with Gasteiger partial charge in [-0.2, -0.15) is 4.31 Å². The van der Waals surface area contributed by atoms with Crippen LogP contribution in [0.1, 0.15) is 19.3 Å². The number of aliphatic carboxylic acids is 1. The number of ether oxygens (including phenoxy) is 1. The third kappa shape index (κ3) is 10.8. The van der Waals surface area contributed by atoms with E-state index in [-0.39, 0.29) is 31.9 Å². The van der Waals surface area contributed by atoms with Gasteiger partial charge in [0.1, 0.15) is 24.3 Å². The van der Waals surface area contributed by atoms with Crippen LogP contribution in [0.2, 0.25) is 0 Å². The second-order valence-electron chi connectivity index (χ2n) is 6.10. The summed E-state index contributed by atoms with van der Waals surface area (Å²) in [7, 11) is -3.44. The Morgan fingerprint density at radius 3 is 2.46 bits per heavy atom. The van der Waals surface area contributed by atoms with Crippen molar-refractivity contribution in [2.24, 2.45) is 0 Å². The Bertz CT molecular complexity index is 761. The molecule has 0 amide bonds. The molecule has 1 aromatic rings. The van der Waals surface area contributed by atoms with Crippen LogP contribution in [0.3, 0.4) is 0 Å². The number of carboxylic acid groups (broad SMARTS) is 1. The Kier molecular flexibility index (Phi) is 10.4. The summed E-state index contributed by atoms with van der Waals surface area (Å²) in [6.07, 6.45) is 7.63. The number of allylic oxidation sites excluding steroid dienone is 1. The number of aliphatic hydroxyl groups excluding tert-OH is 1. The lowest BCUT2D eigenvalue weighted by Crippen LogP contribution is -2.30. The maximum absolute atomic E-state index is 12.8. The highest BCUT2D eigenvalue weighted by Crippen LogP contribution is 2.11. The first-order chi connectivity index (χ1) is 13.2. The minimum absolute atomic E-state index is 0.0511. The van der Waals surface area contributed by atoms with Gasteiger partial charge in [0, 0.05) is 19.5 Å². The topological polar surface area (TPSA) is 104 Å². The van der Waals surface area contributed by atoms with Crippen molar-refractivity contribution < 1.29 is 32.6 Å². The highest BCUT2D eigenvalue weighted by atomic mass is 32.2. The third-order valence-electron chi connectivity index (χ3n) is 3.61. The number of halogens is 1. The monoisotopic (exact) mass is 415 g/mol. The highest BCUT2D eigenvalue weighted by Gasteiger charge is 2.13. The molecule has 0 aromatic heterocycles. The molecule has 0 aliphatic rings. The average Bonchev–Trinajstić information content (AvgIpc) is 2.61. The van der Waals surface area contributed by atoms with E-state index in [1.165, 1.54) is 40.7 Å². The van der Waals surface area contributed by atoms with E-state index in [0.717, 1.165) is 6.26 Å². The van der Waals surface area contributed by atoms with E-state index in [1.54, 1.807) is 12.2 Å². The maximum Gasteiger partial charge on any atom is 0.303 e. The fraction of sp³-hybridized carbons (Fsp3) is 0.421. The van der Waals surface area contributed by atoms with Crippen LogP contribution in [0.15, 0.2) is 48.6 Å². The van der Waals surface area contributed by atoms with Gasteiger partial charge in [-0.25, -0.2) is 12.8 Å². The summed E-state index contributed by atoms with van der Waals surface area (Å²) in [6, 6.07) is 5.38. The molecule has 0 aliphatic heterocycles. The van der Waals surface area contributed by atoms with Crippen molar-refractivity contribution in [3.63, 3.8) is 0 Å². The molecule has 0 aliphatic carbocycles. The molecule has 1 aromatic carbocycles. The zero-order valence-electron chi connectivity index (χ0n) is 15.7. The molecular weight excluding hydrogens is 389 g/mol. The van der Waals surface area contributed by atoms with Gasteiger partial charge < -0.3 is 14.9 Å². The molecule has 0 spiro atoms. The van der Waals surface area contributed by atoms with Crippen molar-refractivity contribution in [1.29, 1.82) is 0 Å². The Morgan fingerprint density at radius 1 is 1.21 bits per heavy atom. The molecule has 0 radical (unpaired) electrons. The molecule has 156 valence electrons. The Morgan fingerprint density at radius 2 is 1.86 bits per heavy atom. The second kappa shape index (κ2) is 12.3. The Balaban J connectivity index is 2.43. The van der Waals surface area contributed by atoms with Gasteiger partial charge in [0.15, 0.2) is 0 Å². The molecule has 9 heteroatoms. The molecule has 2 N–H and O–H groups in total. The predicted octanol–water partition coefficient (Wildman–Crippen LogP) is 2.19. The second-order valence-corrected chi connectivity index (χ2v) is 8.08. The third-order valence-corrected chi connectivity index (χ3v) is 4.84. The quantitative estimate of drug-likeness (QED) is 0.378. The van der Waals surface area contributed by atoms with E-state index in [2.05, 4.69) is 0 Å². The number of benzene rings is 1. The van der Waals surface area contributed by atoms with E-state index in [0.29, 0.717) is 18.6 Å². The summed E-state index contributed by atoms with van der Waals surface area (Å²) in [4.78, 5) is 10.4. The van der Waals surface area contributed by atoms with Gasteiger partial charge in [-0.05, 0) is 37.1 Å². The molecular formula is C19H26FNO6S. The molecule has 0 saturated carbocycles. The minimum Gasteiger partial charge on any atom is -0.491 e. The lowest BCUT2D eigenvalue weighted by Gasteiger charge is -2.16. The highest BCUT2D eigenvalue weighted by molar-refractivity contribution is 7.88. The number of sulfonamides is 1. The largest absolute Gasteiger partial charge is 0.491 e. The first kappa shape index (κ1) is 23.8. The molecule has 1 unspecified atom stereocenters. The standard InChI is InChI=1S/C19H26FNO6S/c1-28(25,26)21(13-5-3-2-4-8-19(23)24)14-6-7-17(22)15-27-18-11-9-16(20)10-12-18/h3,5-7,9-12,17,22H,2,4,8,13-15H2,1H3,(H,23,24). The van der Waals surface area contributed by atoms with Crippen molar-refractivity contribution in [3.05, 3.63) is 54.4 Å². The van der Waals surface area contributed by atoms with Crippen LogP contribution in [0.25, 0.3) is 0 Å². The Hall–Kier alpha value is -2.23. The number of hydrogen-bond donors (Lipinski definition) is 2. The number of carbonyl (C=O) groups is 1. The molecule has 1 rings (SSSR count). The zero-order valence-corrected chi connectivity index (χ0v) is 16.5. The summed E-state index contributed by atoms with van der Waals surface area (Å²) >= 11 is 0. The van der Waals surface area contributed by atoms with E-state index in [9.17, 15) is 22.7 Å². The fourth-order valence-corrected chi connectivity index (χ4v) is 2.84. The van der Waals surface area contributed by atoms with Crippen molar-refractivity contribution in [3.8, 4) is 5.75 Å². The van der Waals surface area contributed by atoms with Crippen LogP contribution in [0.4, 0.5) is 4.39 Å². The molecule has 7 nitrogen and oxygen atoms in total. The van der Waals surface area contributed by atoms with E-state index >= 15 is 0 Å². The van der Waals surface area contributed by atoms with Gasteiger partial charge in [-0.15, -0.1) is 0 Å². The van der Waals surface area contributed by atoms with Crippen molar-refractivity contribution in [2.45, 2.75) is 25.4 Å². The van der Waals surface area contributed by atoms with E-state index in [1.807, 2.05) is 0 Å². The van der Waals surface area contributed by atoms with Crippen LogP contribution in [-0.4, -0.2) is 61.0 Å². The number of carboxylic acids is 1. The fourth-order valence-electron chi connectivity index (χ4n) is 2.13. The summed E-state index contributed by atoms with van der Waals surface area (Å²) in [5.74, 6) is -0.831. The number of hydrogen-bond acceptors (Lipinski definition) is 5. The normalized spacial score (nSPS) is 13.4. The molecule has 0 bridgehead atoms. The average molecular weight is 415 g/mol. The van der Waals surface area contributed by atoms with Crippen molar-refractivity contribution >= 4 is 16.0 Å². The molecule has 0 saturated heterocycles. The smallest absolute Gasteiger partial charge is 0.303 e. The van der Waals surface area contributed by atoms with Gasteiger partial charge in [0.05, 0.1) is 6.26 Å². The lowest BCUT2D eigenvalue weighted by molar-refractivity contribution is -0.137. The Labute approximate surface area is 164 Å².